The predicted molar refractivity (Wildman–Crippen MR) is 73.6 cm³/mol. The monoisotopic (exact) mass is 287 g/mol. The van der Waals surface area contributed by atoms with Gasteiger partial charge in [0.15, 0.2) is 0 Å². The fourth-order valence-corrected chi connectivity index (χ4v) is 2.00. The second-order valence-corrected chi connectivity index (χ2v) is 4.45. The van der Waals surface area contributed by atoms with Crippen LogP contribution in [0, 0.1) is 0 Å². The Morgan fingerprint density at radius 2 is 1.95 bits per heavy atom. The van der Waals surface area contributed by atoms with E-state index in [1.807, 2.05) is 13.0 Å². The molecular formula is C15H20F3NO. The van der Waals surface area contributed by atoms with Gasteiger partial charge in [0.05, 0.1) is 0 Å². The van der Waals surface area contributed by atoms with Crippen molar-refractivity contribution >= 4 is 0 Å². The molecule has 1 aromatic rings. The van der Waals surface area contributed by atoms with Gasteiger partial charge in [-0.25, -0.2) is 0 Å². The number of unbranched alkanes of at least 4 members (excludes halogenated alkanes) is 1. The minimum absolute atomic E-state index is 0.139. The van der Waals surface area contributed by atoms with Gasteiger partial charge in [-0.15, -0.1) is 19.8 Å². The summed E-state index contributed by atoms with van der Waals surface area (Å²) in [6, 6.07) is 6.17. The molecular weight excluding hydrogens is 267 g/mol. The lowest BCUT2D eigenvalue weighted by Crippen LogP contribution is -2.21. The molecule has 1 atom stereocenters. The van der Waals surface area contributed by atoms with Crippen LogP contribution >= 0.6 is 0 Å². The Morgan fingerprint density at radius 1 is 1.30 bits per heavy atom. The molecule has 1 unspecified atom stereocenters. The Morgan fingerprint density at radius 3 is 2.45 bits per heavy atom. The summed E-state index contributed by atoms with van der Waals surface area (Å²) in [6.45, 7) is 6.49. The summed E-state index contributed by atoms with van der Waals surface area (Å²) in [5.41, 5.74) is 0.963. The van der Waals surface area contributed by atoms with E-state index in [1.165, 1.54) is 12.1 Å². The lowest BCUT2D eigenvalue weighted by molar-refractivity contribution is -0.274. The molecule has 1 N–H and O–H groups in total. The Kier molecular flexibility index (Phi) is 6.58. The van der Waals surface area contributed by atoms with Gasteiger partial charge in [-0.2, -0.15) is 0 Å². The number of nitrogens with one attached hydrogen (secondary N) is 1. The Hall–Kier alpha value is -1.49. The molecule has 0 spiro atoms. The maximum atomic E-state index is 12.1. The van der Waals surface area contributed by atoms with E-state index in [9.17, 15) is 13.2 Å². The summed E-state index contributed by atoms with van der Waals surface area (Å²) in [4.78, 5) is 0. The second-order valence-electron chi connectivity index (χ2n) is 4.45. The summed E-state index contributed by atoms with van der Waals surface area (Å²) in [5.74, 6) is -0.192. The van der Waals surface area contributed by atoms with Crippen LogP contribution in [0.1, 0.15) is 37.8 Å². The first-order valence-electron chi connectivity index (χ1n) is 6.66. The highest BCUT2D eigenvalue weighted by atomic mass is 19.4. The average Bonchev–Trinajstić information content (AvgIpc) is 2.37. The van der Waals surface area contributed by atoms with Crippen molar-refractivity contribution in [1.82, 2.24) is 5.32 Å². The molecule has 0 saturated carbocycles. The van der Waals surface area contributed by atoms with Crippen molar-refractivity contribution < 1.29 is 17.9 Å². The van der Waals surface area contributed by atoms with Crippen LogP contribution in [0.3, 0.4) is 0 Å². The molecule has 0 aliphatic carbocycles. The smallest absolute Gasteiger partial charge is 0.406 e. The van der Waals surface area contributed by atoms with Gasteiger partial charge in [0.1, 0.15) is 5.75 Å². The van der Waals surface area contributed by atoms with Gasteiger partial charge in [0.25, 0.3) is 0 Å². The quantitative estimate of drug-likeness (QED) is 0.557. The fraction of sp³-hybridized carbons (Fsp3) is 0.467. The maximum absolute atomic E-state index is 12.1. The molecule has 0 saturated heterocycles. The highest BCUT2D eigenvalue weighted by molar-refractivity contribution is 5.29. The Labute approximate surface area is 117 Å². The van der Waals surface area contributed by atoms with Gasteiger partial charge in [0, 0.05) is 6.04 Å². The van der Waals surface area contributed by atoms with Crippen LogP contribution in [0.4, 0.5) is 13.2 Å². The number of halogens is 3. The van der Waals surface area contributed by atoms with E-state index >= 15 is 0 Å². The second kappa shape index (κ2) is 7.94. The molecule has 112 valence electrons. The first kappa shape index (κ1) is 16.6. The van der Waals surface area contributed by atoms with Crippen LogP contribution in [0.2, 0.25) is 0 Å². The summed E-state index contributed by atoms with van der Waals surface area (Å²) in [6.07, 6.45) is 0.0499. The zero-order valence-corrected chi connectivity index (χ0v) is 11.5. The minimum atomic E-state index is -4.65. The van der Waals surface area contributed by atoms with Crippen molar-refractivity contribution in [2.75, 3.05) is 6.54 Å². The normalized spacial score (nSPS) is 13.0. The largest absolute Gasteiger partial charge is 0.573 e. The number of rotatable bonds is 8. The molecule has 0 radical (unpaired) electrons. The molecule has 5 heteroatoms. The Balaban J connectivity index is 2.69. The summed E-state index contributed by atoms with van der Waals surface area (Å²) < 4.78 is 40.1. The summed E-state index contributed by atoms with van der Waals surface area (Å²) in [5, 5.41) is 3.33. The number of hydrogen-bond acceptors (Lipinski definition) is 2. The van der Waals surface area contributed by atoms with Crippen molar-refractivity contribution in [3.63, 3.8) is 0 Å². The fourth-order valence-electron chi connectivity index (χ4n) is 2.00. The summed E-state index contributed by atoms with van der Waals surface area (Å²) in [7, 11) is 0. The lowest BCUT2D eigenvalue weighted by Gasteiger charge is -2.18. The average molecular weight is 287 g/mol. The van der Waals surface area contributed by atoms with Gasteiger partial charge in [-0.3, -0.25) is 0 Å². The number of allylic oxidation sites excluding steroid dienone is 1. The van der Waals surface area contributed by atoms with Crippen LogP contribution in [0.15, 0.2) is 36.9 Å². The van der Waals surface area contributed by atoms with Crippen LogP contribution in [-0.2, 0) is 0 Å². The van der Waals surface area contributed by atoms with Gasteiger partial charge in [-0.05, 0) is 43.5 Å². The molecule has 20 heavy (non-hydrogen) atoms. The van der Waals surface area contributed by atoms with Crippen molar-refractivity contribution in [2.24, 2.45) is 0 Å². The molecule has 2 nitrogen and oxygen atoms in total. The zero-order chi connectivity index (χ0) is 15.0. The van der Waals surface area contributed by atoms with E-state index in [2.05, 4.69) is 16.6 Å². The molecule has 0 fully saturated rings. The van der Waals surface area contributed by atoms with Crippen molar-refractivity contribution in [2.45, 2.75) is 38.6 Å². The molecule has 0 bridgehead atoms. The standard InChI is InChI=1S/C15H20F3NO/c1-3-5-6-7-14(19-4-2)12-8-10-13(11-9-12)20-15(16,17)18/h3,8-11,14,19H,1,4-7H2,2H3. The van der Waals surface area contributed by atoms with Crippen LogP contribution in [0.5, 0.6) is 5.75 Å². The predicted octanol–water partition coefficient (Wildman–Crippen LogP) is 4.59. The van der Waals surface area contributed by atoms with E-state index in [0.29, 0.717) is 0 Å². The van der Waals surface area contributed by atoms with Gasteiger partial charge in [0.2, 0.25) is 0 Å². The number of alkyl halides is 3. The van der Waals surface area contributed by atoms with E-state index < -0.39 is 6.36 Å². The van der Waals surface area contributed by atoms with E-state index in [-0.39, 0.29) is 11.8 Å². The maximum Gasteiger partial charge on any atom is 0.573 e. The first-order chi connectivity index (χ1) is 9.46. The topological polar surface area (TPSA) is 21.3 Å². The molecule has 0 aromatic heterocycles. The summed E-state index contributed by atoms with van der Waals surface area (Å²) >= 11 is 0. The Bertz CT molecular complexity index is 401. The highest BCUT2D eigenvalue weighted by Crippen LogP contribution is 2.26. The molecule has 0 aliphatic heterocycles. The zero-order valence-electron chi connectivity index (χ0n) is 11.5. The van der Waals surface area contributed by atoms with Crippen molar-refractivity contribution in [3.8, 4) is 5.75 Å². The van der Waals surface area contributed by atoms with E-state index in [0.717, 1.165) is 31.4 Å². The first-order valence-corrected chi connectivity index (χ1v) is 6.66. The third-order valence-corrected chi connectivity index (χ3v) is 2.87. The number of hydrogen-bond donors (Lipinski definition) is 1. The molecule has 0 amide bonds. The number of benzene rings is 1. The number of ether oxygens (including phenoxy) is 1. The van der Waals surface area contributed by atoms with Crippen LogP contribution < -0.4 is 10.1 Å². The van der Waals surface area contributed by atoms with Gasteiger partial charge in [-0.1, -0.05) is 25.1 Å². The van der Waals surface area contributed by atoms with Gasteiger partial charge < -0.3 is 10.1 Å². The van der Waals surface area contributed by atoms with Crippen LogP contribution in [-0.4, -0.2) is 12.9 Å². The van der Waals surface area contributed by atoms with Gasteiger partial charge >= 0.3 is 6.36 Å². The van der Waals surface area contributed by atoms with Crippen LogP contribution in [0.25, 0.3) is 0 Å². The third kappa shape index (κ3) is 6.10. The molecule has 0 heterocycles. The molecule has 1 aromatic carbocycles. The highest BCUT2D eigenvalue weighted by Gasteiger charge is 2.31. The molecule has 1 rings (SSSR count). The van der Waals surface area contributed by atoms with Crippen molar-refractivity contribution in [1.29, 1.82) is 0 Å². The minimum Gasteiger partial charge on any atom is -0.406 e. The lowest BCUT2D eigenvalue weighted by atomic mass is 10.0. The SMILES string of the molecule is C=CCCCC(NCC)c1ccc(OC(F)(F)F)cc1. The molecule has 0 aliphatic rings. The van der Waals surface area contributed by atoms with E-state index in [1.54, 1.807) is 12.1 Å². The van der Waals surface area contributed by atoms with Crippen molar-refractivity contribution in [3.05, 3.63) is 42.5 Å². The van der Waals surface area contributed by atoms with E-state index in [4.69, 9.17) is 0 Å². The third-order valence-electron chi connectivity index (χ3n) is 2.87.